The third-order valence-corrected chi connectivity index (χ3v) is 5.21. The maximum Gasteiger partial charge on any atom is 0.387 e. The summed E-state index contributed by atoms with van der Waals surface area (Å²) < 4.78 is 34.8. The zero-order valence-electron chi connectivity index (χ0n) is 17.8. The van der Waals surface area contributed by atoms with Crippen LogP contribution >= 0.6 is 0 Å². The molecule has 2 heterocycles. The molecule has 0 unspecified atom stereocenters. The number of hydrogen-bond acceptors (Lipinski definition) is 6. The number of nitrogens with zero attached hydrogens (tertiary/aromatic N) is 4. The number of hydrogen-bond donors (Lipinski definition) is 0. The van der Waals surface area contributed by atoms with Crippen molar-refractivity contribution >= 4 is 11.7 Å². The first kappa shape index (κ1) is 22.7. The van der Waals surface area contributed by atoms with Gasteiger partial charge in [0.05, 0.1) is 7.11 Å². The Kier molecular flexibility index (Phi) is 8.00. The van der Waals surface area contributed by atoms with Gasteiger partial charge in [0.15, 0.2) is 11.5 Å². The molecule has 1 aliphatic heterocycles. The Morgan fingerprint density at radius 3 is 2.58 bits per heavy atom. The Labute approximate surface area is 181 Å². The number of methoxy groups -OCH3 is 1. The van der Waals surface area contributed by atoms with Crippen molar-refractivity contribution in [2.24, 2.45) is 0 Å². The molecule has 1 aromatic carbocycles. The van der Waals surface area contributed by atoms with E-state index in [1.165, 1.54) is 7.11 Å². The predicted molar refractivity (Wildman–Crippen MR) is 114 cm³/mol. The Morgan fingerprint density at radius 2 is 1.94 bits per heavy atom. The number of carbonyl (C=O) groups excluding carboxylic acids is 1. The molecule has 0 bridgehead atoms. The monoisotopic (exact) mass is 434 g/mol. The normalized spacial score (nSPS) is 14.3. The molecule has 2 aromatic rings. The van der Waals surface area contributed by atoms with Crippen molar-refractivity contribution in [2.75, 3.05) is 51.8 Å². The van der Waals surface area contributed by atoms with Gasteiger partial charge >= 0.3 is 6.61 Å². The highest BCUT2D eigenvalue weighted by atomic mass is 19.3. The lowest BCUT2D eigenvalue weighted by atomic mass is 10.2. The molecule has 0 N–H and O–H groups in total. The minimum atomic E-state index is -2.92. The van der Waals surface area contributed by atoms with Crippen LogP contribution in [0.5, 0.6) is 11.5 Å². The fraction of sp³-hybridized carbons (Fsp3) is 0.455. The number of pyridine rings is 1. The van der Waals surface area contributed by atoms with Crippen molar-refractivity contribution < 1.29 is 23.0 Å². The van der Waals surface area contributed by atoms with E-state index in [1.54, 1.807) is 24.4 Å². The van der Waals surface area contributed by atoms with Gasteiger partial charge in [-0.25, -0.2) is 4.98 Å². The van der Waals surface area contributed by atoms with Crippen molar-refractivity contribution in [3.63, 3.8) is 0 Å². The molecule has 7 nitrogen and oxygen atoms in total. The van der Waals surface area contributed by atoms with Gasteiger partial charge in [0.1, 0.15) is 5.82 Å². The average molecular weight is 434 g/mol. The lowest BCUT2D eigenvalue weighted by Crippen LogP contribution is -2.49. The molecule has 0 aliphatic carbocycles. The van der Waals surface area contributed by atoms with Crippen LogP contribution in [0.1, 0.15) is 12.0 Å². The fourth-order valence-corrected chi connectivity index (χ4v) is 3.57. The number of rotatable bonds is 9. The highest BCUT2D eigenvalue weighted by Gasteiger charge is 2.22. The van der Waals surface area contributed by atoms with Crippen molar-refractivity contribution in [1.29, 1.82) is 0 Å². The molecule has 1 fully saturated rings. The van der Waals surface area contributed by atoms with Crippen molar-refractivity contribution in [3.05, 3.63) is 48.2 Å². The molecule has 31 heavy (non-hydrogen) atoms. The molecular weight excluding hydrogens is 406 g/mol. The van der Waals surface area contributed by atoms with E-state index in [4.69, 9.17) is 4.74 Å². The van der Waals surface area contributed by atoms with Gasteiger partial charge in [-0.1, -0.05) is 12.1 Å². The molecule has 0 saturated carbocycles. The molecule has 0 radical (unpaired) electrons. The lowest BCUT2D eigenvalue weighted by Gasteiger charge is -2.35. The number of benzene rings is 1. The summed E-state index contributed by atoms with van der Waals surface area (Å²) in [6.45, 7) is 1.02. The van der Waals surface area contributed by atoms with E-state index in [9.17, 15) is 13.6 Å². The molecule has 3 rings (SSSR count). The van der Waals surface area contributed by atoms with E-state index in [-0.39, 0.29) is 17.4 Å². The minimum absolute atomic E-state index is 0.00486. The fourth-order valence-electron chi connectivity index (χ4n) is 3.57. The summed E-state index contributed by atoms with van der Waals surface area (Å²) >= 11 is 0. The van der Waals surface area contributed by atoms with E-state index < -0.39 is 6.61 Å². The number of alkyl halides is 2. The standard InChI is InChI=1S/C22H28F2N4O3/c1-26(16-17-6-7-18(30-2)19(15-17)31-22(23)24)10-8-21(29)28-13-11-27(12-14-28)20-5-3-4-9-25-20/h3-7,9,15,22H,8,10-14,16H2,1-2H3. The SMILES string of the molecule is COc1ccc(CN(C)CCC(=O)N2CCN(c3ccccn3)CC2)cc1OC(F)F. The van der Waals surface area contributed by atoms with Gasteiger partial charge in [-0.2, -0.15) is 8.78 Å². The Balaban J connectivity index is 1.45. The zero-order valence-corrected chi connectivity index (χ0v) is 17.8. The number of ether oxygens (including phenoxy) is 2. The molecule has 1 saturated heterocycles. The number of halogens is 2. The summed E-state index contributed by atoms with van der Waals surface area (Å²) in [5.41, 5.74) is 0.801. The van der Waals surface area contributed by atoms with Crippen LogP contribution in [0.25, 0.3) is 0 Å². The summed E-state index contributed by atoms with van der Waals surface area (Å²) in [7, 11) is 3.30. The molecule has 0 spiro atoms. The van der Waals surface area contributed by atoms with E-state index in [0.29, 0.717) is 32.6 Å². The Hall–Kier alpha value is -2.94. The van der Waals surface area contributed by atoms with Gasteiger partial charge in [-0.05, 0) is 36.9 Å². The molecule has 9 heteroatoms. The van der Waals surface area contributed by atoms with E-state index in [2.05, 4.69) is 14.6 Å². The summed E-state index contributed by atoms with van der Waals surface area (Å²) in [6.07, 6.45) is 2.17. The number of amides is 1. The van der Waals surface area contributed by atoms with Crippen LogP contribution in [0.2, 0.25) is 0 Å². The largest absolute Gasteiger partial charge is 0.493 e. The van der Waals surface area contributed by atoms with Crippen LogP contribution in [0.15, 0.2) is 42.6 Å². The summed E-state index contributed by atoms with van der Waals surface area (Å²) in [5, 5.41) is 0. The zero-order chi connectivity index (χ0) is 22.2. The Bertz CT molecular complexity index is 846. The van der Waals surface area contributed by atoms with E-state index in [1.807, 2.05) is 35.0 Å². The highest BCUT2D eigenvalue weighted by Crippen LogP contribution is 2.29. The van der Waals surface area contributed by atoms with Gasteiger partial charge in [0, 0.05) is 51.9 Å². The van der Waals surface area contributed by atoms with Gasteiger partial charge in [-0.15, -0.1) is 0 Å². The number of carbonyl (C=O) groups is 1. The smallest absolute Gasteiger partial charge is 0.387 e. The minimum Gasteiger partial charge on any atom is -0.493 e. The second-order valence-corrected chi connectivity index (χ2v) is 7.41. The first-order valence-electron chi connectivity index (χ1n) is 10.2. The summed E-state index contributed by atoms with van der Waals surface area (Å²) in [6, 6.07) is 10.8. The maximum atomic E-state index is 12.6. The van der Waals surface area contributed by atoms with Crippen LogP contribution in [0, 0.1) is 0 Å². The van der Waals surface area contributed by atoms with E-state index >= 15 is 0 Å². The van der Waals surface area contributed by atoms with Crippen molar-refractivity contribution in [3.8, 4) is 11.5 Å². The quantitative estimate of drug-likeness (QED) is 0.605. The van der Waals surface area contributed by atoms with Crippen LogP contribution in [0.3, 0.4) is 0 Å². The first-order chi connectivity index (χ1) is 15.0. The molecule has 168 valence electrons. The van der Waals surface area contributed by atoms with Gasteiger partial charge < -0.3 is 24.2 Å². The number of aromatic nitrogens is 1. The third kappa shape index (κ3) is 6.52. The van der Waals surface area contributed by atoms with Gasteiger partial charge in [0.2, 0.25) is 5.91 Å². The lowest BCUT2D eigenvalue weighted by molar-refractivity contribution is -0.131. The predicted octanol–water partition coefficient (Wildman–Crippen LogP) is 2.86. The second-order valence-electron chi connectivity index (χ2n) is 7.41. The van der Waals surface area contributed by atoms with Crippen LogP contribution in [-0.4, -0.2) is 74.2 Å². The van der Waals surface area contributed by atoms with E-state index in [0.717, 1.165) is 24.5 Å². The molecule has 1 amide bonds. The highest BCUT2D eigenvalue weighted by molar-refractivity contribution is 5.76. The molecule has 1 aromatic heterocycles. The third-order valence-electron chi connectivity index (χ3n) is 5.21. The summed E-state index contributed by atoms with van der Waals surface area (Å²) in [4.78, 5) is 23.0. The van der Waals surface area contributed by atoms with Crippen LogP contribution in [0.4, 0.5) is 14.6 Å². The van der Waals surface area contributed by atoms with Crippen molar-refractivity contribution in [1.82, 2.24) is 14.8 Å². The maximum absolute atomic E-state index is 12.6. The van der Waals surface area contributed by atoms with Gasteiger partial charge in [-0.3, -0.25) is 4.79 Å². The first-order valence-corrected chi connectivity index (χ1v) is 10.2. The second kappa shape index (κ2) is 10.9. The average Bonchev–Trinajstić information content (AvgIpc) is 2.78. The molecule has 1 aliphatic rings. The van der Waals surface area contributed by atoms with Gasteiger partial charge in [0.25, 0.3) is 0 Å². The molecular formula is C22H28F2N4O3. The number of piperazine rings is 1. The van der Waals surface area contributed by atoms with Crippen molar-refractivity contribution in [2.45, 2.75) is 19.6 Å². The summed E-state index contributed by atoms with van der Waals surface area (Å²) in [5.74, 6) is 1.31. The van der Waals surface area contributed by atoms with Crippen LogP contribution in [-0.2, 0) is 11.3 Å². The molecule has 0 atom stereocenters. The Morgan fingerprint density at radius 1 is 1.16 bits per heavy atom. The number of anilines is 1. The topological polar surface area (TPSA) is 58.1 Å². The van der Waals surface area contributed by atoms with Crippen LogP contribution < -0.4 is 14.4 Å².